The van der Waals surface area contributed by atoms with E-state index in [0.717, 1.165) is 18.4 Å². The minimum absolute atomic E-state index is 0.0492. The first-order chi connectivity index (χ1) is 15.1. The number of rotatable bonds is 1. The first-order valence-electron chi connectivity index (χ1n) is 11.9. The second-order valence-corrected chi connectivity index (χ2v) is 11.5. The number of carbonyl (C=O) groups excluding carboxylic acids is 2. The third-order valence-corrected chi connectivity index (χ3v) is 9.79. The fourth-order valence-electron chi connectivity index (χ4n) is 8.49. The van der Waals surface area contributed by atoms with Crippen molar-refractivity contribution in [2.75, 3.05) is 13.2 Å². The second-order valence-electron chi connectivity index (χ2n) is 11.5. The molecule has 0 aromatic carbocycles. The molecule has 2 saturated carbocycles. The molecule has 1 aromatic heterocycles. The van der Waals surface area contributed by atoms with Crippen molar-refractivity contribution in [3.8, 4) is 0 Å². The zero-order chi connectivity index (χ0) is 22.5. The van der Waals surface area contributed by atoms with Crippen molar-refractivity contribution in [2.45, 2.75) is 71.2 Å². The molecule has 6 rings (SSSR count). The van der Waals surface area contributed by atoms with Crippen LogP contribution >= 0.6 is 0 Å². The number of ketones is 1. The Kier molecular flexibility index (Phi) is 4.10. The van der Waals surface area contributed by atoms with Crippen LogP contribution in [0.5, 0.6) is 0 Å². The lowest BCUT2D eigenvalue weighted by Gasteiger charge is -2.63. The third kappa shape index (κ3) is 2.33. The highest BCUT2D eigenvalue weighted by Gasteiger charge is 2.74. The molecule has 1 aromatic rings. The molecule has 6 nitrogen and oxygen atoms in total. The maximum Gasteiger partial charge on any atom is 0.308 e. The van der Waals surface area contributed by atoms with Gasteiger partial charge in [0.2, 0.25) is 0 Å². The summed E-state index contributed by atoms with van der Waals surface area (Å²) in [7, 11) is 0. The highest BCUT2D eigenvalue weighted by Crippen LogP contribution is 2.72. The lowest BCUT2D eigenvalue weighted by atomic mass is 9.39. The molecule has 6 heteroatoms. The van der Waals surface area contributed by atoms with Gasteiger partial charge in [-0.15, -0.1) is 0 Å². The molecule has 2 saturated heterocycles. The Bertz CT molecular complexity index is 1010. The van der Waals surface area contributed by atoms with Gasteiger partial charge in [0.15, 0.2) is 0 Å². The quantitative estimate of drug-likeness (QED) is 0.476. The molecule has 7 unspecified atom stereocenters. The molecule has 0 amide bonds. The monoisotopic (exact) mass is 440 g/mol. The SMILES string of the molecule is CC1(C)OC2CC(=O)OCC23C1CC(=O)C1(C)C2=CCOC(c4ccoc4)C2(C)CCC13. The minimum atomic E-state index is -0.624. The summed E-state index contributed by atoms with van der Waals surface area (Å²) in [5, 5.41) is 0. The number of ether oxygens (including phenoxy) is 3. The summed E-state index contributed by atoms with van der Waals surface area (Å²) in [5.41, 5.74) is 0.514. The number of Topliss-reactive ketones (excluding diaryl/α,β-unsaturated/α-hetero) is 1. The van der Waals surface area contributed by atoms with Crippen molar-refractivity contribution in [2.24, 2.45) is 28.1 Å². The van der Waals surface area contributed by atoms with Gasteiger partial charge in [0.05, 0.1) is 48.8 Å². The van der Waals surface area contributed by atoms with Crippen LogP contribution in [0.1, 0.15) is 65.0 Å². The molecule has 1 spiro atoms. The Morgan fingerprint density at radius 2 is 1.88 bits per heavy atom. The van der Waals surface area contributed by atoms with Crippen molar-refractivity contribution in [1.82, 2.24) is 0 Å². The van der Waals surface area contributed by atoms with Gasteiger partial charge in [0.1, 0.15) is 12.4 Å². The molecule has 0 radical (unpaired) electrons. The number of furan rings is 1. The van der Waals surface area contributed by atoms with Gasteiger partial charge in [-0.3, -0.25) is 9.59 Å². The van der Waals surface area contributed by atoms with Crippen LogP contribution in [-0.4, -0.2) is 36.7 Å². The molecule has 7 atom stereocenters. The lowest BCUT2D eigenvalue weighted by molar-refractivity contribution is -0.190. The fourth-order valence-corrected chi connectivity index (χ4v) is 8.49. The number of cyclic esters (lactones) is 1. The highest BCUT2D eigenvalue weighted by molar-refractivity contribution is 5.90. The van der Waals surface area contributed by atoms with Crippen molar-refractivity contribution in [1.29, 1.82) is 0 Å². The molecule has 172 valence electrons. The number of hydrogen-bond acceptors (Lipinski definition) is 6. The van der Waals surface area contributed by atoms with E-state index in [1.807, 2.05) is 6.07 Å². The average Bonchev–Trinajstić information content (AvgIpc) is 3.33. The molecule has 5 aliphatic rings. The molecule has 4 fully saturated rings. The molecule has 4 heterocycles. The largest absolute Gasteiger partial charge is 0.472 e. The van der Waals surface area contributed by atoms with Crippen molar-refractivity contribution >= 4 is 11.8 Å². The van der Waals surface area contributed by atoms with Crippen molar-refractivity contribution in [3.05, 3.63) is 35.8 Å². The van der Waals surface area contributed by atoms with Gasteiger partial charge in [-0.25, -0.2) is 0 Å². The van der Waals surface area contributed by atoms with Crippen molar-refractivity contribution in [3.63, 3.8) is 0 Å². The van der Waals surface area contributed by atoms with E-state index in [1.54, 1.807) is 12.5 Å². The Morgan fingerprint density at radius 3 is 2.62 bits per heavy atom. The Morgan fingerprint density at radius 1 is 1.06 bits per heavy atom. The first-order valence-corrected chi connectivity index (χ1v) is 11.9. The van der Waals surface area contributed by atoms with Gasteiger partial charge in [0.25, 0.3) is 0 Å². The van der Waals surface area contributed by atoms with Crippen molar-refractivity contribution < 1.29 is 28.2 Å². The first kappa shape index (κ1) is 20.7. The topological polar surface area (TPSA) is 75.0 Å². The predicted octanol–water partition coefficient (Wildman–Crippen LogP) is 4.40. The Hall–Kier alpha value is -1.92. The average molecular weight is 441 g/mol. The summed E-state index contributed by atoms with van der Waals surface area (Å²) in [6.45, 7) is 9.37. The lowest BCUT2D eigenvalue weighted by Crippen LogP contribution is -2.65. The van der Waals surface area contributed by atoms with E-state index < -0.39 is 11.0 Å². The van der Waals surface area contributed by atoms with E-state index in [9.17, 15) is 9.59 Å². The number of fused-ring (bicyclic) bond motifs is 3. The summed E-state index contributed by atoms with van der Waals surface area (Å²) >= 11 is 0. The highest BCUT2D eigenvalue weighted by atomic mass is 16.6. The van der Waals surface area contributed by atoms with E-state index >= 15 is 0 Å². The number of carbonyl (C=O) groups is 2. The zero-order valence-corrected chi connectivity index (χ0v) is 19.3. The van der Waals surface area contributed by atoms with E-state index in [4.69, 9.17) is 18.6 Å². The Labute approximate surface area is 188 Å². The Balaban J connectivity index is 1.49. The summed E-state index contributed by atoms with van der Waals surface area (Å²) in [5.74, 6) is 0.218. The van der Waals surface area contributed by atoms with E-state index in [-0.39, 0.29) is 53.0 Å². The molecule has 2 aliphatic carbocycles. The summed E-state index contributed by atoms with van der Waals surface area (Å²) in [6.07, 6.45) is 7.76. The van der Waals surface area contributed by atoms with Crippen LogP contribution in [0, 0.1) is 28.1 Å². The van der Waals surface area contributed by atoms with Crippen LogP contribution in [0.3, 0.4) is 0 Å². The maximum absolute atomic E-state index is 14.0. The van der Waals surface area contributed by atoms with Gasteiger partial charge in [0, 0.05) is 28.7 Å². The fraction of sp³-hybridized carbons (Fsp3) is 0.692. The van der Waals surface area contributed by atoms with Crippen LogP contribution in [-0.2, 0) is 23.8 Å². The molecular formula is C26H32O6. The number of hydrogen-bond donors (Lipinski definition) is 0. The normalized spacial score (nSPS) is 46.9. The molecular weight excluding hydrogens is 408 g/mol. The predicted molar refractivity (Wildman–Crippen MR) is 114 cm³/mol. The third-order valence-electron chi connectivity index (χ3n) is 9.79. The maximum atomic E-state index is 14.0. The van der Waals surface area contributed by atoms with Gasteiger partial charge < -0.3 is 18.6 Å². The zero-order valence-electron chi connectivity index (χ0n) is 19.3. The summed E-state index contributed by atoms with van der Waals surface area (Å²) in [4.78, 5) is 26.3. The van der Waals surface area contributed by atoms with Crippen LogP contribution in [0.4, 0.5) is 0 Å². The summed E-state index contributed by atoms with van der Waals surface area (Å²) < 4.78 is 23.9. The second kappa shape index (κ2) is 6.35. The van der Waals surface area contributed by atoms with Gasteiger partial charge in [-0.05, 0) is 51.2 Å². The molecule has 0 bridgehead atoms. The molecule has 3 aliphatic heterocycles. The number of esters is 1. The van der Waals surface area contributed by atoms with Crippen LogP contribution < -0.4 is 0 Å². The van der Waals surface area contributed by atoms with E-state index in [2.05, 4.69) is 33.8 Å². The van der Waals surface area contributed by atoms with Gasteiger partial charge in [-0.2, -0.15) is 0 Å². The molecule has 32 heavy (non-hydrogen) atoms. The van der Waals surface area contributed by atoms with E-state index in [0.29, 0.717) is 19.6 Å². The van der Waals surface area contributed by atoms with Crippen LogP contribution in [0.15, 0.2) is 34.7 Å². The smallest absolute Gasteiger partial charge is 0.308 e. The van der Waals surface area contributed by atoms with Crippen LogP contribution in [0.25, 0.3) is 0 Å². The minimum Gasteiger partial charge on any atom is -0.472 e. The standard InChI is InChI=1S/C26H32O6/c1-23(2)18-11-19(27)25(4)16-7-10-30-22(15-6-9-29-13-15)24(16,3)8-5-17(25)26(18)14-31-21(28)12-20(26)32-23/h6-7,9,13,17-18,20,22H,5,8,10-12,14H2,1-4H3. The van der Waals surface area contributed by atoms with E-state index in [1.165, 1.54) is 5.57 Å². The van der Waals surface area contributed by atoms with Gasteiger partial charge >= 0.3 is 5.97 Å². The molecule has 0 N–H and O–H groups in total. The summed E-state index contributed by atoms with van der Waals surface area (Å²) in [6, 6.07) is 1.97. The van der Waals surface area contributed by atoms with Crippen LogP contribution in [0.2, 0.25) is 0 Å². The van der Waals surface area contributed by atoms with Gasteiger partial charge in [-0.1, -0.05) is 13.0 Å².